The minimum Gasteiger partial charge on any atom is -0.135 e. The van der Waals surface area contributed by atoms with Crippen LogP contribution in [0, 0.1) is 0 Å². The summed E-state index contributed by atoms with van der Waals surface area (Å²) in [5.74, 6) is 0. The zero-order valence-corrected chi connectivity index (χ0v) is 33.5. The molecule has 0 radical (unpaired) electrons. The molecule has 0 aliphatic carbocycles. The Kier molecular flexibility index (Phi) is 11.1. The topological polar surface area (TPSA) is 0 Å². The quantitative estimate of drug-likeness (QED) is 0.138. The highest BCUT2D eigenvalue weighted by molar-refractivity contribution is 8.34. The van der Waals surface area contributed by atoms with Crippen molar-refractivity contribution in [1.29, 1.82) is 0 Å². The first-order chi connectivity index (χ1) is 26.6. The van der Waals surface area contributed by atoms with Crippen LogP contribution in [0.25, 0.3) is 55.6 Å². The highest BCUT2D eigenvalue weighted by atomic mass is 32.3. The lowest BCUT2D eigenvalue weighted by Crippen LogP contribution is -2.19. The van der Waals surface area contributed by atoms with Crippen molar-refractivity contribution in [1.82, 2.24) is 0 Å². The Hall–Kier alpha value is -5.45. The van der Waals surface area contributed by atoms with Crippen molar-refractivity contribution in [2.24, 2.45) is 0 Å². The minimum absolute atomic E-state index is 1.05. The van der Waals surface area contributed by atoms with Crippen molar-refractivity contribution in [2.75, 3.05) is 0 Å². The molecule has 0 aliphatic rings. The van der Waals surface area contributed by atoms with Crippen LogP contribution >= 0.6 is 32.7 Å². The first-order valence-electron chi connectivity index (χ1n) is 18.4. The summed E-state index contributed by atoms with van der Waals surface area (Å²) in [6, 6.07) is 55.8. The fourth-order valence-electron chi connectivity index (χ4n) is 7.31. The second kappa shape index (κ2) is 16.3. The molecule has 8 rings (SSSR count). The van der Waals surface area contributed by atoms with Crippen LogP contribution in [-0.2, 0) is 0 Å². The lowest BCUT2D eigenvalue weighted by atomic mass is 10.0. The smallest absolute Gasteiger partial charge is 0.0433 e. The maximum absolute atomic E-state index is 4.54. The Morgan fingerprint density at radius 3 is 1.85 bits per heavy atom. The molecule has 266 valence electrons. The molecular formula is C51H44S3. The van der Waals surface area contributed by atoms with Gasteiger partial charge in [-0.3, -0.25) is 0 Å². The molecule has 54 heavy (non-hydrogen) atoms. The molecule has 2 heterocycles. The lowest BCUT2D eigenvalue weighted by molar-refractivity contribution is 1.24. The van der Waals surface area contributed by atoms with E-state index in [1.807, 2.05) is 37.3 Å². The third kappa shape index (κ3) is 6.43. The Balaban J connectivity index is 0.00000221. The SMILES string of the molecule is C=C/C(c1cccc(S(c2ccccc2)(c2ccccc2)c2cccc(-c3cccc4c(/C=C\C)c(C=C)sc34)c2)c1)=c1/sc2ccccc2c1=C.CC. The Morgan fingerprint density at radius 2 is 1.20 bits per heavy atom. The summed E-state index contributed by atoms with van der Waals surface area (Å²) >= 11 is 3.61. The van der Waals surface area contributed by atoms with Gasteiger partial charge in [0.2, 0.25) is 0 Å². The number of allylic oxidation sites excluding steroid dienone is 2. The van der Waals surface area contributed by atoms with E-state index in [4.69, 9.17) is 0 Å². The second-order valence-electron chi connectivity index (χ2n) is 12.6. The van der Waals surface area contributed by atoms with Crippen LogP contribution in [0.15, 0.2) is 197 Å². The minimum atomic E-state index is -1.98. The third-order valence-corrected chi connectivity index (χ3v) is 16.0. The van der Waals surface area contributed by atoms with E-state index in [2.05, 4.69) is 190 Å². The molecule has 3 heteroatoms. The third-order valence-electron chi connectivity index (χ3n) is 9.64. The Labute approximate surface area is 329 Å². The first kappa shape index (κ1) is 36.9. The molecule has 0 saturated heterocycles. The normalized spacial score (nSPS) is 12.4. The van der Waals surface area contributed by atoms with Gasteiger partial charge in [0, 0.05) is 43.8 Å². The largest absolute Gasteiger partial charge is 0.135 e. The van der Waals surface area contributed by atoms with Gasteiger partial charge in [0.05, 0.1) is 0 Å². The van der Waals surface area contributed by atoms with Crippen LogP contribution in [0.5, 0.6) is 0 Å². The summed E-state index contributed by atoms with van der Waals surface area (Å²) in [6.07, 6.45) is 8.30. The van der Waals surface area contributed by atoms with Crippen molar-refractivity contribution in [2.45, 2.75) is 40.4 Å². The van der Waals surface area contributed by atoms with Crippen LogP contribution in [-0.4, -0.2) is 0 Å². The zero-order chi connectivity index (χ0) is 37.7. The van der Waals surface area contributed by atoms with Crippen molar-refractivity contribution < 1.29 is 0 Å². The van der Waals surface area contributed by atoms with Crippen molar-refractivity contribution in [3.8, 4) is 11.1 Å². The first-order valence-corrected chi connectivity index (χ1v) is 21.6. The number of thiophene rings is 2. The summed E-state index contributed by atoms with van der Waals surface area (Å²) < 4.78 is 3.68. The van der Waals surface area contributed by atoms with E-state index < -0.39 is 10.0 Å². The maximum atomic E-state index is 4.54. The van der Waals surface area contributed by atoms with Crippen LogP contribution < -0.4 is 9.75 Å². The average molecular weight is 753 g/mol. The molecule has 0 atom stereocenters. The second-order valence-corrected chi connectivity index (χ2v) is 17.8. The summed E-state index contributed by atoms with van der Waals surface area (Å²) in [4.78, 5) is 6.32. The Morgan fingerprint density at radius 1 is 0.611 bits per heavy atom. The monoisotopic (exact) mass is 752 g/mol. The highest BCUT2D eigenvalue weighted by Gasteiger charge is 2.34. The van der Waals surface area contributed by atoms with Gasteiger partial charge in [-0.15, -0.1) is 32.7 Å². The van der Waals surface area contributed by atoms with Crippen LogP contribution in [0.2, 0.25) is 0 Å². The molecule has 6 aromatic carbocycles. The fourth-order valence-corrected chi connectivity index (χ4v) is 13.6. The summed E-state index contributed by atoms with van der Waals surface area (Å²) in [5, 5.41) is 3.51. The average Bonchev–Trinajstić information content (AvgIpc) is 3.77. The van der Waals surface area contributed by atoms with E-state index in [0.717, 1.165) is 20.9 Å². The van der Waals surface area contributed by atoms with E-state index >= 15 is 0 Å². The van der Waals surface area contributed by atoms with Crippen LogP contribution in [0.4, 0.5) is 0 Å². The molecule has 0 N–H and O–H groups in total. The Bertz CT molecular complexity index is 2700. The van der Waals surface area contributed by atoms with Gasteiger partial charge in [0.1, 0.15) is 0 Å². The number of fused-ring (bicyclic) bond motifs is 2. The molecule has 2 aromatic heterocycles. The van der Waals surface area contributed by atoms with Gasteiger partial charge in [0.25, 0.3) is 0 Å². The van der Waals surface area contributed by atoms with Gasteiger partial charge < -0.3 is 0 Å². The molecule has 0 fully saturated rings. The van der Waals surface area contributed by atoms with Crippen LogP contribution in [0.3, 0.4) is 0 Å². The standard InChI is InChI=1S/C49H38S3.C2H6/c1-5-19-44-45-30-18-29-43(49(45)50-46(44)7-3)36-21-17-27-40(33-36)52(37-22-10-8-11-23-37,38-24-12-9-13-25-38)39-26-16-20-35(32-39)41(6-2)48-34(4)42-28-14-15-31-47(42)51-48;1-2/h5-33H,2-4H2,1H3;1-2H3/b19-5-,48-41-;. The molecule has 0 bridgehead atoms. The molecular weight excluding hydrogens is 709 g/mol. The number of hydrogen-bond acceptors (Lipinski definition) is 2. The van der Waals surface area contributed by atoms with Gasteiger partial charge in [0.15, 0.2) is 0 Å². The number of benzene rings is 6. The van der Waals surface area contributed by atoms with Gasteiger partial charge >= 0.3 is 0 Å². The van der Waals surface area contributed by atoms with Crippen molar-refractivity contribution in [3.05, 3.63) is 203 Å². The molecule has 0 saturated carbocycles. The van der Waals surface area contributed by atoms with E-state index in [1.165, 1.54) is 61.3 Å². The van der Waals surface area contributed by atoms with E-state index in [1.54, 1.807) is 11.3 Å². The fraction of sp³-hybridized carbons (Fsp3) is 0.0588. The van der Waals surface area contributed by atoms with Crippen molar-refractivity contribution in [3.63, 3.8) is 0 Å². The molecule has 0 spiro atoms. The molecule has 8 aromatic rings. The molecule has 0 nitrogen and oxygen atoms in total. The lowest BCUT2D eigenvalue weighted by Gasteiger charge is -2.42. The summed E-state index contributed by atoms with van der Waals surface area (Å²) in [7, 11) is -1.98. The van der Waals surface area contributed by atoms with Gasteiger partial charge in [-0.25, -0.2) is 0 Å². The van der Waals surface area contributed by atoms with E-state index in [0.29, 0.717) is 0 Å². The maximum Gasteiger partial charge on any atom is 0.0433 e. The summed E-state index contributed by atoms with van der Waals surface area (Å²) in [6.45, 7) is 19.1. The number of hydrogen-bond donors (Lipinski definition) is 0. The molecule has 0 unspecified atom stereocenters. The van der Waals surface area contributed by atoms with E-state index in [-0.39, 0.29) is 0 Å². The van der Waals surface area contributed by atoms with E-state index in [9.17, 15) is 0 Å². The van der Waals surface area contributed by atoms with Gasteiger partial charge in [-0.1, -0.05) is 155 Å². The zero-order valence-electron chi connectivity index (χ0n) is 31.1. The predicted octanol–water partition coefficient (Wildman–Crippen LogP) is 14.6. The summed E-state index contributed by atoms with van der Waals surface area (Å²) in [5.41, 5.74) is 5.93. The van der Waals surface area contributed by atoms with Crippen LogP contribution in [0.1, 0.15) is 36.8 Å². The van der Waals surface area contributed by atoms with Gasteiger partial charge in [-0.2, -0.15) is 0 Å². The predicted molar refractivity (Wildman–Crippen MR) is 243 cm³/mol. The highest BCUT2D eigenvalue weighted by Crippen LogP contribution is 2.73. The molecule has 0 amide bonds. The number of rotatable bonds is 9. The van der Waals surface area contributed by atoms with Crippen molar-refractivity contribution >= 4 is 77.2 Å². The van der Waals surface area contributed by atoms with Gasteiger partial charge in [-0.05, 0) is 100.0 Å². The molecule has 0 aliphatic heterocycles.